The third-order valence-corrected chi connectivity index (χ3v) is 4.02. The van der Waals surface area contributed by atoms with Crippen LogP contribution in [-0.4, -0.2) is 28.8 Å². The number of ketones is 1. The largest absolute Gasteiger partial charge is 0.359 e. The third-order valence-electron chi connectivity index (χ3n) is 4.02. The number of Topliss-reactive ketones (excluding diaryl/α,β-unsaturated/α-hetero) is 1. The van der Waals surface area contributed by atoms with E-state index < -0.39 is 0 Å². The summed E-state index contributed by atoms with van der Waals surface area (Å²) in [7, 11) is 2.02. The molecular formula is C19H20N2O. The van der Waals surface area contributed by atoms with Gasteiger partial charge in [-0.3, -0.25) is 4.79 Å². The molecule has 0 saturated carbocycles. The minimum absolute atomic E-state index is 0.0768. The van der Waals surface area contributed by atoms with Crippen molar-refractivity contribution in [1.29, 1.82) is 0 Å². The molecule has 0 fully saturated rings. The quantitative estimate of drug-likeness (QED) is 0.788. The molecule has 3 rings (SSSR count). The van der Waals surface area contributed by atoms with E-state index in [1.165, 1.54) is 5.56 Å². The van der Waals surface area contributed by atoms with E-state index >= 15 is 0 Å². The molecule has 0 bridgehead atoms. The standard InChI is InChI=1S/C19H20N2O/c1-20-12-13-21(15-16-8-4-2-5-9-16)19(20)14-18(22)17-10-6-3-7-11-17/h2-13,19H,14-15H2,1H3. The van der Waals surface area contributed by atoms with Gasteiger partial charge in [-0.1, -0.05) is 60.7 Å². The molecule has 22 heavy (non-hydrogen) atoms. The van der Waals surface area contributed by atoms with Gasteiger partial charge in [-0.05, 0) is 5.56 Å². The van der Waals surface area contributed by atoms with Crippen LogP contribution in [0.3, 0.4) is 0 Å². The number of carbonyl (C=O) groups is 1. The first-order chi connectivity index (χ1) is 10.7. The number of hydrogen-bond donors (Lipinski definition) is 0. The molecule has 1 unspecified atom stereocenters. The summed E-state index contributed by atoms with van der Waals surface area (Å²) < 4.78 is 0. The van der Waals surface area contributed by atoms with Crippen molar-refractivity contribution in [2.75, 3.05) is 7.05 Å². The fourth-order valence-corrected chi connectivity index (χ4v) is 2.74. The van der Waals surface area contributed by atoms with Crippen molar-refractivity contribution in [3.05, 3.63) is 84.2 Å². The zero-order valence-corrected chi connectivity index (χ0v) is 12.7. The van der Waals surface area contributed by atoms with Crippen LogP contribution in [0.25, 0.3) is 0 Å². The lowest BCUT2D eigenvalue weighted by Gasteiger charge is -2.30. The van der Waals surface area contributed by atoms with E-state index in [0.29, 0.717) is 6.42 Å². The van der Waals surface area contributed by atoms with Crippen LogP contribution in [-0.2, 0) is 6.54 Å². The Kier molecular flexibility index (Phi) is 4.24. The lowest BCUT2D eigenvalue weighted by Crippen LogP contribution is -2.38. The van der Waals surface area contributed by atoms with Gasteiger partial charge in [-0.15, -0.1) is 0 Å². The molecule has 0 saturated heterocycles. The Morgan fingerprint density at radius 3 is 2.27 bits per heavy atom. The molecule has 0 aliphatic carbocycles. The Labute approximate surface area is 131 Å². The van der Waals surface area contributed by atoms with E-state index in [1.54, 1.807) is 0 Å². The zero-order valence-electron chi connectivity index (χ0n) is 12.7. The summed E-state index contributed by atoms with van der Waals surface area (Å²) in [5.41, 5.74) is 2.03. The van der Waals surface area contributed by atoms with Crippen molar-refractivity contribution in [2.45, 2.75) is 19.1 Å². The average molecular weight is 292 g/mol. The van der Waals surface area contributed by atoms with Gasteiger partial charge in [-0.2, -0.15) is 0 Å². The monoisotopic (exact) mass is 292 g/mol. The molecule has 112 valence electrons. The van der Waals surface area contributed by atoms with Crippen molar-refractivity contribution in [1.82, 2.24) is 9.80 Å². The van der Waals surface area contributed by atoms with E-state index in [0.717, 1.165) is 12.1 Å². The second kappa shape index (κ2) is 6.48. The van der Waals surface area contributed by atoms with Crippen molar-refractivity contribution in [3.8, 4) is 0 Å². The van der Waals surface area contributed by atoms with Crippen LogP contribution in [0.2, 0.25) is 0 Å². The van der Waals surface area contributed by atoms with E-state index in [1.807, 2.05) is 61.8 Å². The summed E-state index contributed by atoms with van der Waals surface area (Å²) in [6.07, 6.45) is 4.66. The Balaban J connectivity index is 1.70. The fraction of sp³-hybridized carbons (Fsp3) is 0.211. The summed E-state index contributed by atoms with van der Waals surface area (Å²) in [5.74, 6) is 0.180. The van der Waals surface area contributed by atoms with Gasteiger partial charge in [0.25, 0.3) is 0 Å². The minimum atomic E-state index is 0.0768. The molecule has 0 N–H and O–H groups in total. The maximum absolute atomic E-state index is 12.5. The zero-order chi connectivity index (χ0) is 15.4. The van der Waals surface area contributed by atoms with Crippen molar-refractivity contribution in [2.24, 2.45) is 0 Å². The van der Waals surface area contributed by atoms with Gasteiger partial charge in [0.1, 0.15) is 6.17 Å². The van der Waals surface area contributed by atoms with Crippen molar-refractivity contribution in [3.63, 3.8) is 0 Å². The van der Waals surface area contributed by atoms with Crippen LogP contribution in [0.5, 0.6) is 0 Å². The predicted molar refractivity (Wildman–Crippen MR) is 88.1 cm³/mol. The molecule has 1 heterocycles. The van der Waals surface area contributed by atoms with Crippen LogP contribution in [0, 0.1) is 0 Å². The van der Waals surface area contributed by atoms with Gasteiger partial charge in [0.15, 0.2) is 5.78 Å². The average Bonchev–Trinajstić information content (AvgIpc) is 2.90. The number of carbonyl (C=O) groups excluding carboxylic acids is 1. The van der Waals surface area contributed by atoms with Gasteiger partial charge in [-0.25, -0.2) is 0 Å². The molecule has 0 amide bonds. The highest BCUT2D eigenvalue weighted by Crippen LogP contribution is 2.21. The lowest BCUT2D eigenvalue weighted by molar-refractivity contribution is 0.0873. The number of nitrogens with zero attached hydrogens (tertiary/aromatic N) is 2. The van der Waals surface area contributed by atoms with Gasteiger partial charge < -0.3 is 9.80 Å². The van der Waals surface area contributed by atoms with E-state index in [-0.39, 0.29) is 11.9 Å². The molecule has 3 heteroatoms. The Morgan fingerprint density at radius 1 is 0.955 bits per heavy atom. The normalized spacial score (nSPS) is 17.0. The third kappa shape index (κ3) is 3.19. The summed E-state index contributed by atoms with van der Waals surface area (Å²) >= 11 is 0. The first-order valence-electron chi connectivity index (χ1n) is 7.52. The second-order valence-corrected chi connectivity index (χ2v) is 5.60. The first-order valence-corrected chi connectivity index (χ1v) is 7.52. The van der Waals surface area contributed by atoms with Gasteiger partial charge in [0.2, 0.25) is 0 Å². The van der Waals surface area contributed by atoms with Crippen LogP contribution in [0.15, 0.2) is 73.1 Å². The topological polar surface area (TPSA) is 23.6 Å². The fourth-order valence-electron chi connectivity index (χ4n) is 2.74. The minimum Gasteiger partial charge on any atom is -0.359 e. The highest BCUT2D eigenvalue weighted by atomic mass is 16.1. The van der Waals surface area contributed by atoms with Crippen LogP contribution in [0.4, 0.5) is 0 Å². The Bertz CT molecular complexity index is 652. The van der Waals surface area contributed by atoms with E-state index in [2.05, 4.69) is 28.1 Å². The molecule has 1 atom stereocenters. The van der Waals surface area contributed by atoms with Crippen LogP contribution < -0.4 is 0 Å². The highest BCUT2D eigenvalue weighted by molar-refractivity contribution is 5.96. The molecule has 0 spiro atoms. The van der Waals surface area contributed by atoms with E-state index in [4.69, 9.17) is 0 Å². The Hall–Kier alpha value is -2.55. The SMILES string of the molecule is CN1C=CN(Cc2ccccc2)C1CC(=O)c1ccccc1. The summed E-state index contributed by atoms with van der Waals surface area (Å²) in [6.45, 7) is 0.814. The molecule has 2 aromatic rings. The summed E-state index contributed by atoms with van der Waals surface area (Å²) in [5, 5.41) is 0. The summed E-state index contributed by atoms with van der Waals surface area (Å²) in [6, 6.07) is 19.8. The predicted octanol–water partition coefficient (Wildman–Crippen LogP) is 3.50. The molecular weight excluding hydrogens is 272 g/mol. The maximum Gasteiger partial charge on any atom is 0.166 e. The Morgan fingerprint density at radius 2 is 1.59 bits per heavy atom. The van der Waals surface area contributed by atoms with Crippen molar-refractivity contribution < 1.29 is 4.79 Å². The smallest absolute Gasteiger partial charge is 0.166 e. The van der Waals surface area contributed by atoms with Crippen LogP contribution >= 0.6 is 0 Å². The molecule has 0 aromatic heterocycles. The number of benzene rings is 2. The van der Waals surface area contributed by atoms with Crippen LogP contribution in [0.1, 0.15) is 22.3 Å². The lowest BCUT2D eigenvalue weighted by atomic mass is 10.1. The number of rotatable bonds is 5. The molecule has 1 aliphatic heterocycles. The second-order valence-electron chi connectivity index (χ2n) is 5.60. The molecule has 0 radical (unpaired) electrons. The molecule has 3 nitrogen and oxygen atoms in total. The molecule has 1 aliphatic rings. The van der Waals surface area contributed by atoms with Gasteiger partial charge >= 0.3 is 0 Å². The van der Waals surface area contributed by atoms with Crippen molar-refractivity contribution >= 4 is 5.78 Å². The summed E-state index contributed by atoms with van der Waals surface area (Å²) in [4.78, 5) is 16.8. The number of hydrogen-bond acceptors (Lipinski definition) is 3. The maximum atomic E-state index is 12.5. The molecule has 2 aromatic carbocycles. The van der Waals surface area contributed by atoms with Gasteiger partial charge in [0.05, 0.1) is 6.42 Å². The first kappa shape index (κ1) is 14.4. The van der Waals surface area contributed by atoms with E-state index in [9.17, 15) is 4.79 Å². The van der Waals surface area contributed by atoms with Gasteiger partial charge in [0, 0.05) is 31.6 Å². The highest BCUT2D eigenvalue weighted by Gasteiger charge is 2.26.